The molecule has 1 saturated heterocycles. The smallest absolute Gasteiger partial charge is 0.306 e. The minimum Gasteiger partial charge on any atom is -0.462 e. The maximum atomic E-state index is 12.7. The van der Waals surface area contributed by atoms with Crippen LogP contribution in [0.1, 0.15) is 162 Å². The number of hydrogen-bond donors (Lipinski definition) is 4. The van der Waals surface area contributed by atoms with Crippen molar-refractivity contribution >= 4 is 11.9 Å². The Balaban J connectivity index is 2.40. The molecular weight excluding hydrogens is 640 g/mol. The predicted molar refractivity (Wildman–Crippen MR) is 196 cm³/mol. The van der Waals surface area contributed by atoms with Crippen LogP contribution in [0.25, 0.3) is 0 Å². The fraction of sp³-hybridized carbons (Fsp3) is 0.850. The maximum absolute atomic E-state index is 12.7. The van der Waals surface area contributed by atoms with Crippen molar-refractivity contribution in [1.82, 2.24) is 0 Å². The van der Waals surface area contributed by atoms with Crippen LogP contribution in [0.5, 0.6) is 0 Å². The summed E-state index contributed by atoms with van der Waals surface area (Å²) >= 11 is 0. The number of carbonyl (C=O) groups is 2. The lowest BCUT2D eigenvalue weighted by Gasteiger charge is -2.39. The Hall–Kier alpha value is -1.82. The van der Waals surface area contributed by atoms with Crippen LogP contribution in [0.15, 0.2) is 24.3 Å². The first-order chi connectivity index (χ1) is 24.3. The average Bonchev–Trinajstić information content (AvgIpc) is 3.11. The van der Waals surface area contributed by atoms with E-state index >= 15 is 0 Å². The third-order valence-corrected chi connectivity index (χ3v) is 9.06. The lowest BCUT2D eigenvalue weighted by atomic mass is 9.99. The Bertz CT molecular complexity index is 876. The van der Waals surface area contributed by atoms with Gasteiger partial charge in [0.15, 0.2) is 12.4 Å². The summed E-state index contributed by atoms with van der Waals surface area (Å²) in [6, 6.07) is 0. The van der Waals surface area contributed by atoms with E-state index < -0.39 is 49.4 Å². The molecule has 292 valence electrons. The molecule has 0 radical (unpaired) electrons. The van der Waals surface area contributed by atoms with Crippen molar-refractivity contribution in [3.05, 3.63) is 24.3 Å². The number of aliphatic hydroxyl groups is 4. The summed E-state index contributed by atoms with van der Waals surface area (Å²) in [5, 5.41) is 39.9. The number of esters is 2. The Kier molecular flexibility index (Phi) is 29.5. The molecule has 1 aliphatic rings. The van der Waals surface area contributed by atoms with Crippen molar-refractivity contribution in [1.29, 1.82) is 0 Å². The summed E-state index contributed by atoms with van der Waals surface area (Å²) < 4.78 is 22.0. The van der Waals surface area contributed by atoms with E-state index in [1.807, 2.05) is 0 Å². The van der Waals surface area contributed by atoms with Gasteiger partial charge in [0.1, 0.15) is 31.0 Å². The quantitative estimate of drug-likeness (QED) is 0.0316. The summed E-state index contributed by atoms with van der Waals surface area (Å²) in [5.74, 6) is -0.828. The van der Waals surface area contributed by atoms with Crippen LogP contribution >= 0.6 is 0 Å². The van der Waals surface area contributed by atoms with Crippen LogP contribution < -0.4 is 0 Å². The van der Waals surface area contributed by atoms with E-state index in [1.165, 1.54) is 51.4 Å². The van der Waals surface area contributed by atoms with Crippen LogP contribution in [0, 0.1) is 0 Å². The van der Waals surface area contributed by atoms with Gasteiger partial charge >= 0.3 is 11.9 Å². The standard InChI is InChI=1S/C40H72O10/c1-3-5-7-9-11-13-15-17-19-20-22-24-26-28-35(42)47-31-33(32-48-40-39(46)38(45)37(44)34(30-41)50-40)49-36(43)29-27-25-23-21-18-16-14-12-10-8-6-4-2/h12-15,33-34,37-41,44-46H,3-11,16-32H2,1-2H3/b14-12+,15-13+/t33-,34-,37+,38?,39?,40-/m0/s1. The largest absolute Gasteiger partial charge is 0.462 e. The van der Waals surface area contributed by atoms with Gasteiger partial charge in [-0.05, 0) is 64.2 Å². The summed E-state index contributed by atoms with van der Waals surface area (Å²) in [4.78, 5) is 25.2. The third kappa shape index (κ3) is 23.6. The number of allylic oxidation sites excluding steroid dienone is 4. The van der Waals surface area contributed by atoms with Crippen LogP contribution in [0.4, 0.5) is 0 Å². The van der Waals surface area contributed by atoms with Crippen molar-refractivity contribution in [3.8, 4) is 0 Å². The predicted octanol–water partition coefficient (Wildman–Crippen LogP) is 7.38. The molecule has 0 aromatic heterocycles. The van der Waals surface area contributed by atoms with Gasteiger partial charge in [-0.25, -0.2) is 0 Å². The monoisotopic (exact) mass is 713 g/mol. The summed E-state index contributed by atoms with van der Waals surface area (Å²) in [5.41, 5.74) is 0. The van der Waals surface area contributed by atoms with Crippen molar-refractivity contribution in [2.24, 2.45) is 0 Å². The van der Waals surface area contributed by atoms with Gasteiger partial charge in [-0.2, -0.15) is 0 Å². The summed E-state index contributed by atoms with van der Waals surface area (Å²) in [7, 11) is 0. The topological polar surface area (TPSA) is 152 Å². The van der Waals surface area contributed by atoms with Crippen molar-refractivity contribution in [3.63, 3.8) is 0 Å². The van der Waals surface area contributed by atoms with Crippen LogP contribution in [0.3, 0.4) is 0 Å². The van der Waals surface area contributed by atoms with Crippen LogP contribution in [-0.4, -0.2) is 89.0 Å². The molecule has 50 heavy (non-hydrogen) atoms. The van der Waals surface area contributed by atoms with Crippen LogP contribution in [-0.2, 0) is 28.5 Å². The molecule has 10 nitrogen and oxygen atoms in total. The molecule has 1 fully saturated rings. The van der Waals surface area contributed by atoms with Gasteiger partial charge in [0, 0.05) is 12.8 Å². The minimum atomic E-state index is -1.59. The minimum absolute atomic E-state index is 0.219. The number of carbonyl (C=O) groups excluding carboxylic acids is 2. The molecule has 0 bridgehead atoms. The zero-order valence-corrected chi connectivity index (χ0v) is 31.4. The molecule has 10 heteroatoms. The fourth-order valence-corrected chi connectivity index (χ4v) is 5.82. The second-order valence-corrected chi connectivity index (χ2v) is 13.7. The molecule has 0 aromatic rings. The molecule has 0 spiro atoms. The van der Waals surface area contributed by atoms with E-state index in [1.54, 1.807) is 0 Å². The Labute approximate surface area is 303 Å². The van der Waals surface area contributed by atoms with E-state index in [2.05, 4.69) is 38.2 Å². The van der Waals surface area contributed by atoms with Gasteiger partial charge in [-0.15, -0.1) is 0 Å². The maximum Gasteiger partial charge on any atom is 0.306 e. The van der Waals surface area contributed by atoms with Gasteiger partial charge in [0.25, 0.3) is 0 Å². The Morgan fingerprint density at radius 3 is 1.60 bits per heavy atom. The number of ether oxygens (including phenoxy) is 4. The number of rotatable bonds is 32. The van der Waals surface area contributed by atoms with Gasteiger partial charge in [-0.3, -0.25) is 9.59 Å². The molecule has 1 heterocycles. The molecule has 4 N–H and O–H groups in total. The SMILES string of the molecule is CCCCC/C=C/CCCCCCCC(=O)O[C@@H](COC(=O)CCCCCCC/C=C/CCCCCC)CO[C@H]1O[C@@H](CO)[C@@H](O)C(O)C1O. The molecule has 0 aromatic carbocycles. The molecule has 1 rings (SSSR count). The Morgan fingerprint density at radius 2 is 1.06 bits per heavy atom. The lowest BCUT2D eigenvalue weighted by molar-refractivity contribution is -0.305. The summed E-state index contributed by atoms with van der Waals surface area (Å²) in [6.45, 7) is 3.34. The van der Waals surface area contributed by atoms with E-state index in [0.717, 1.165) is 70.6 Å². The highest BCUT2D eigenvalue weighted by Crippen LogP contribution is 2.22. The van der Waals surface area contributed by atoms with E-state index in [0.29, 0.717) is 12.8 Å². The first kappa shape index (κ1) is 46.2. The molecule has 0 aliphatic carbocycles. The number of unbranched alkanes of at least 4 members (excludes halogenated alkanes) is 17. The molecule has 1 aliphatic heterocycles. The normalized spacial score (nSPS) is 21.6. The molecular formula is C40H72O10. The molecule has 0 saturated carbocycles. The number of aliphatic hydroxyl groups excluding tert-OH is 4. The first-order valence-electron chi connectivity index (χ1n) is 19.9. The van der Waals surface area contributed by atoms with Crippen LogP contribution in [0.2, 0.25) is 0 Å². The van der Waals surface area contributed by atoms with Gasteiger partial charge < -0.3 is 39.4 Å². The molecule has 2 unspecified atom stereocenters. The zero-order chi connectivity index (χ0) is 36.7. The highest BCUT2D eigenvalue weighted by Gasteiger charge is 2.44. The summed E-state index contributed by atoms with van der Waals surface area (Å²) in [6.07, 6.45) is 24.7. The second-order valence-electron chi connectivity index (χ2n) is 13.7. The van der Waals surface area contributed by atoms with E-state index in [4.69, 9.17) is 18.9 Å². The van der Waals surface area contributed by atoms with E-state index in [-0.39, 0.29) is 32.0 Å². The lowest BCUT2D eigenvalue weighted by Crippen LogP contribution is -2.59. The van der Waals surface area contributed by atoms with Crippen molar-refractivity contribution in [2.75, 3.05) is 19.8 Å². The molecule has 0 amide bonds. The average molecular weight is 713 g/mol. The highest BCUT2D eigenvalue weighted by atomic mass is 16.7. The van der Waals surface area contributed by atoms with Crippen molar-refractivity contribution < 1.29 is 49.0 Å². The number of hydrogen-bond acceptors (Lipinski definition) is 10. The first-order valence-corrected chi connectivity index (χ1v) is 19.9. The second kappa shape index (κ2) is 31.9. The fourth-order valence-electron chi connectivity index (χ4n) is 5.82. The van der Waals surface area contributed by atoms with Crippen molar-refractivity contribution in [2.45, 2.75) is 198 Å². The van der Waals surface area contributed by atoms with Gasteiger partial charge in [-0.1, -0.05) is 109 Å². The van der Waals surface area contributed by atoms with Gasteiger partial charge in [0.05, 0.1) is 13.2 Å². The zero-order valence-electron chi connectivity index (χ0n) is 31.4. The van der Waals surface area contributed by atoms with E-state index in [9.17, 15) is 30.0 Å². The third-order valence-electron chi connectivity index (χ3n) is 9.06. The highest BCUT2D eigenvalue weighted by molar-refractivity contribution is 5.70. The molecule has 6 atom stereocenters. The van der Waals surface area contributed by atoms with Gasteiger partial charge in [0.2, 0.25) is 0 Å². The Morgan fingerprint density at radius 1 is 0.600 bits per heavy atom.